The number of methoxy groups -OCH3 is 1. The number of hydrogen-bond acceptors (Lipinski definition) is 7. The van der Waals surface area contributed by atoms with Crippen molar-refractivity contribution in [3.05, 3.63) is 47.3 Å². The number of likely N-dealkylation sites (tertiary alicyclic amines) is 1. The van der Waals surface area contributed by atoms with Crippen molar-refractivity contribution in [1.82, 2.24) is 9.80 Å². The van der Waals surface area contributed by atoms with Gasteiger partial charge in [-0.1, -0.05) is 26.7 Å². The summed E-state index contributed by atoms with van der Waals surface area (Å²) < 4.78 is 31.1. The van der Waals surface area contributed by atoms with Crippen LogP contribution in [-0.2, 0) is 14.4 Å². The largest absolute Gasteiger partial charge is 0.493 e. The van der Waals surface area contributed by atoms with Gasteiger partial charge in [0, 0.05) is 50.2 Å². The molecule has 0 unspecified atom stereocenters. The molecule has 11 heteroatoms. The second-order valence-corrected chi connectivity index (χ2v) is 12.2. The molecule has 0 aliphatic carbocycles. The second-order valence-electron chi connectivity index (χ2n) is 12.2. The van der Waals surface area contributed by atoms with Crippen molar-refractivity contribution in [1.29, 1.82) is 0 Å². The van der Waals surface area contributed by atoms with Crippen LogP contribution in [0.4, 0.5) is 10.1 Å². The average molecular weight is 642 g/mol. The van der Waals surface area contributed by atoms with Gasteiger partial charge in [-0.3, -0.25) is 19.3 Å². The number of nitrogens with zero attached hydrogens (tertiary/aromatic N) is 3. The number of aliphatic carboxylic acids is 1. The topological polar surface area (TPSA) is 109 Å². The van der Waals surface area contributed by atoms with Crippen molar-refractivity contribution < 1.29 is 38.1 Å². The summed E-state index contributed by atoms with van der Waals surface area (Å²) in [5.41, 5.74) is 1.80. The van der Waals surface area contributed by atoms with Gasteiger partial charge in [0.05, 0.1) is 19.6 Å². The lowest BCUT2D eigenvalue weighted by molar-refractivity contribution is -0.143. The number of halogens is 1. The number of fused-ring (bicyclic) bond motifs is 1. The van der Waals surface area contributed by atoms with E-state index in [9.17, 15) is 23.9 Å². The summed E-state index contributed by atoms with van der Waals surface area (Å²) in [5, 5.41) is 10.7. The molecule has 0 bridgehead atoms. The molecular formula is C35H48FN3O7. The van der Waals surface area contributed by atoms with Crippen molar-refractivity contribution in [3.8, 4) is 17.2 Å². The normalized spacial score (nSPS) is 19.0. The van der Waals surface area contributed by atoms with Gasteiger partial charge < -0.3 is 29.1 Å². The molecule has 3 atom stereocenters. The van der Waals surface area contributed by atoms with Crippen LogP contribution in [0.15, 0.2) is 30.3 Å². The van der Waals surface area contributed by atoms with Crippen molar-refractivity contribution in [3.63, 3.8) is 0 Å². The molecule has 1 fully saturated rings. The number of carbonyl (C=O) groups is 3. The Hall–Kier alpha value is -3.86. The Balaban J connectivity index is 1.74. The molecule has 2 aliphatic rings. The zero-order chi connectivity index (χ0) is 33.5. The van der Waals surface area contributed by atoms with E-state index in [1.807, 2.05) is 11.8 Å². The molecule has 252 valence electrons. The monoisotopic (exact) mass is 641 g/mol. The number of carboxylic acid groups (broad SMARTS) is 1. The molecule has 2 aliphatic heterocycles. The maximum Gasteiger partial charge on any atom is 0.308 e. The van der Waals surface area contributed by atoms with Gasteiger partial charge in [-0.15, -0.1) is 0 Å². The van der Waals surface area contributed by atoms with Gasteiger partial charge in [-0.05, 0) is 74.6 Å². The number of carbonyl (C=O) groups excluding carboxylic acids is 2. The fourth-order valence-corrected chi connectivity index (χ4v) is 7.04. The van der Waals surface area contributed by atoms with Crippen molar-refractivity contribution >= 4 is 23.5 Å². The number of aryl methyl sites for hydroxylation is 1. The van der Waals surface area contributed by atoms with Gasteiger partial charge in [-0.25, -0.2) is 4.39 Å². The van der Waals surface area contributed by atoms with Crippen LogP contribution < -0.4 is 19.1 Å². The highest BCUT2D eigenvalue weighted by atomic mass is 19.1. The zero-order valence-corrected chi connectivity index (χ0v) is 27.9. The van der Waals surface area contributed by atoms with E-state index in [1.165, 1.54) is 20.1 Å². The van der Waals surface area contributed by atoms with Gasteiger partial charge in [0.2, 0.25) is 24.4 Å². The Morgan fingerprint density at radius 1 is 1.11 bits per heavy atom. The lowest BCUT2D eigenvalue weighted by atomic mass is 9.84. The van der Waals surface area contributed by atoms with Crippen LogP contribution in [0.1, 0.15) is 76.8 Å². The standard InChI is InChI=1S/C35H48FN3O7/c1-7-10-25(11-8-2)39(26-12-13-28(36)22(4)16-26)32(41)20-38-19-27(24-17-30(44-6)34-31(18-24)45-21-46-34)33(35(42)43)29(38)14-15-37(9-3)23(5)40/h12-13,16-18,25,27,29,33H,7-11,14-15,19-21H2,1-6H3,(H,42,43)/t27-,29+,33-/m1/s1. The molecule has 1 saturated heterocycles. The molecular weight excluding hydrogens is 593 g/mol. The number of rotatable bonds is 15. The highest BCUT2D eigenvalue weighted by Gasteiger charge is 2.48. The molecule has 2 heterocycles. The zero-order valence-electron chi connectivity index (χ0n) is 27.9. The van der Waals surface area contributed by atoms with Crippen LogP contribution in [-0.4, -0.2) is 84.9 Å². The van der Waals surface area contributed by atoms with E-state index in [2.05, 4.69) is 13.8 Å². The van der Waals surface area contributed by atoms with Crippen LogP contribution in [0.2, 0.25) is 0 Å². The summed E-state index contributed by atoms with van der Waals surface area (Å²) in [6.07, 6.45) is 3.67. The molecule has 46 heavy (non-hydrogen) atoms. The number of ether oxygens (including phenoxy) is 3. The summed E-state index contributed by atoms with van der Waals surface area (Å²) >= 11 is 0. The molecule has 0 spiro atoms. The van der Waals surface area contributed by atoms with Crippen molar-refractivity contribution in [2.45, 2.75) is 84.7 Å². The third-order valence-electron chi connectivity index (χ3n) is 9.30. The Kier molecular flexibility index (Phi) is 11.9. The molecule has 2 aromatic rings. The quantitative estimate of drug-likeness (QED) is 0.268. The lowest BCUT2D eigenvalue weighted by Crippen LogP contribution is -2.48. The van der Waals surface area contributed by atoms with Crippen LogP contribution in [0.5, 0.6) is 17.2 Å². The molecule has 1 N–H and O–H groups in total. The van der Waals surface area contributed by atoms with Crippen molar-refractivity contribution in [2.75, 3.05) is 45.0 Å². The maximum atomic E-state index is 14.4. The molecule has 2 aromatic carbocycles. The van der Waals surface area contributed by atoms with Gasteiger partial charge in [0.25, 0.3) is 0 Å². The number of carboxylic acids is 1. The Morgan fingerprint density at radius 3 is 2.41 bits per heavy atom. The van der Waals surface area contributed by atoms with Crippen LogP contribution >= 0.6 is 0 Å². The first-order valence-corrected chi connectivity index (χ1v) is 16.3. The smallest absolute Gasteiger partial charge is 0.308 e. The lowest BCUT2D eigenvalue weighted by Gasteiger charge is -2.35. The van der Waals surface area contributed by atoms with E-state index in [-0.39, 0.29) is 37.0 Å². The summed E-state index contributed by atoms with van der Waals surface area (Å²) in [4.78, 5) is 45.2. The van der Waals surface area contributed by atoms with Crippen molar-refractivity contribution in [2.24, 2.45) is 5.92 Å². The summed E-state index contributed by atoms with van der Waals surface area (Å²) in [5.74, 6) is -1.53. The Bertz CT molecular complexity index is 1400. The Morgan fingerprint density at radius 2 is 1.83 bits per heavy atom. The van der Waals surface area contributed by atoms with Crippen LogP contribution in [0, 0.1) is 18.7 Å². The van der Waals surface area contributed by atoms with E-state index in [0.29, 0.717) is 60.1 Å². The first-order valence-electron chi connectivity index (χ1n) is 16.3. The molecule has 0 aromatic heterocycles. The third kappa shape index (κ3) is 7.57. The predicted molar refractivity (Wildman–Crippen MR) is 173 cm³/mol. The summed E-state index contributed by atoms with van der Waals surface area (Å²) in [7, 11) is 1.52. The van der Waals surface area contributed by atoms with Crippen LogP contribution in [0.3, 0.4) is 0 Å². The SMILES string of the molecule is CCCC(CCC)N(C(=O)CN1C[C@H](c2cc(OC)c3c(c2)OCO3)[C@@H](C(=O)O)[C@@H]1CCN(CC)C(C)=O)c1ccc(F)c(C)c1. The first-order chi connectivity index (χ1) is 22.0. The second kappa shape index (κ2) is 15.6. The third-order valence-corrected chi connectivity index (χ3v) is 9.30. The number of amides is 2. The van der Waals surface area contributed by atoms with Gasteiger partial charge in [0.15, 0.2) is 11.5 Å². The summed E-state index contributed by atoms with van der Waals surface area (Å²) in [6.45, 7) is 10.4. The molecule has 0 saturated carbocycles. The Labute approximate surface area is 271 Å². The first kappa shape index (κ1) is 35.0. The number of anilines is 1. The minimum Gasteiger partial charge on any atom is -0.493 e. The van der Waals surface area contributed by atoms with Gasteiger partial charge >= 0.3 is 5.97 Å². The van der Waals surface area contributed by atoms with E-state index in [0.717, 1.165) is 25.7 Å². The van der Waals surface area contributed by atoms with E-state index in [1.54, 1.807) is 41.0 Å². The maximum absolute atomic E-state index is 14.4. The molecule has 10 nitrogen and oxygen atoms in total. The highest BCUT2D eigenvalue weighted by Crippen LogP contribution is 2.47. The minimum atomic E-state index is -0.978. The van der Waals surface area contributed by atoms with Gasteiger partial charge in [-0.2, -0.15) is 0 Å². The molecule has 4 rings (SSSR count). The average Bonchev–Trinajstić information content (AvgIpc) is 3.64. The van der Waals surface area contributed by atoms with E-state index < -0.39 is 23.8 Å². The van der Waals surface area contributed by atoms with Crippen LogP contribution in [0.25, 0.3) is 0 Å². The van der Waals surface area contributed by atoms with E-state index in [4.69, 9.17) is 14.2 Å². The predicted octanol–water partition coefficient (Wildman–Crippen LogP) is 5.60. The fraction of sp³-hybridized carbons (Fsp3) is 0.571. The number of hydrogen-bond donors (Lipinski definition) is 1. The number of benzene rings is 2. The van der Waals surface area contributed by atoms with E-state index >= 15 is 0 Å². The molecule has 2 amide bonds. The fourth-order valence-electron chi connectivity index (χ4n) is 7.04. The summed E-state index contributed by atoms with van der Waals surface area (Å²) in [6, 6.07) is 7.71. The minimum absolute atomic E-state index is 0.0286. The molecule has 0 radical (unpaired) electrons. The highest BCUT2D eigenvalue weighted by molar-refractivity contribution is 5.95. The van der Waals surface area contributed by atoms with Gasteiger partial charge in [0.1, 0.15) is 5.82 Å².